The van der Waals surface area contributed by atoms with E-state index in [1.54, 1.807) is 24.3 Å². The van der Waals surface area contributed by atoms with E-state index in [0.29, 0.717) is 18.1 Å². The Bertz CT molecular complexity index is 801. The molecule has 2 aromatic rings. The average molecular weight is 377 g/mol. The first-order chi connectivity index (χ1) is 12.9. The Balaban J connectivity index is 1.49. The first-order valence-electron chi connectivity index (χ1n) is 8.80. The summed E-state index contributed by atoms with van der Waals surface area (Å²) in [5.74, 6) is 0.325. The van der Waals surface area contributed by atoms with Crippen molar-refractivity contribution in [2.75, 3.05) is 11.9 Å². The molecular formula is C20H22F3N3O. The van der Waals surface area contributed by atoms with Crippen LogP contribution in [0.25, 0.3) is 0 Å². The van der Waals surface area contributed by atoms with Crippen molar-refractivity contribution in [2.45, 2.75) is 38.6 Å². The maximum Gasteiger partial charge on any atom is 0.411 e. The molecule has 1 aliphatic carbocycles. The lowest BCUT2D eigenvalue weighted by Gasteiger charge is -2.09. The van der Waals surface area contributed by atoms with Gasteiger partial charge in [0.2, 0.25) is 0 Å². The monoisotopic (exact) mass is 377 g/mol. The van der Waals surface area contributed by atoms with Gasteiger partial charge in [-0.05, 0) is 53.6 Å². The van der Waals surface area contributed by atoms with Crippen LogP contribution in [-0.4, -0.2) is 18.7 Å². The van der Waals surface area contributed by atoms with Gasteiger partial charge in [-0.2, -0.15) is 13.2 Å². The number of halogens is 3. The van der Waals surface area contributed by atoms with Crippen LogP contribution < -0.4 is 11.1 Å². The molecule has 144 valence electrons. The Labute approximate surface area is 156 Å². The van der Waals surface area contributed by atoms with Crippen LogP contribution in [0.2, 0.25) is 0 Å². The summed E-state index contributed by atoms with van der Waals surface area (Å²) in [5.41, 5.74) is 11.2. The normalized spacial score (nSPS) is 14.3. The summed E-state index contributed by atoms with van der Waals surface area (Å²) in [6, 6.07) is 13.3. The summed E-state index contributed by atoms with van der Waals surface area (Å²) in [5, 5.41) is 3.10. The molecule has 0 saturated carbocycles. The van der Waals surface area contributed by atoms with Crippen LogP contribution in [-0.2, 0) is 30.7 Å². The lowest BCUT2D eigenvalue weighted by Crippen LogP contribution is -2.22. The third kappa shape index (κ3) is 5.99. The largest absolute Gasteiger partial charge is 0.411 e. The van der Waals surface area contributed by atoms with Crippen molar-refractivity contribution in [1.82, 2.24) is 0 Å². The summed E-state index contributed by atoms with van der Waals surface area (Å²) in [4.78, 5) is 4.31. The molecule has 0 bridgehead atoms. The second-order valence-electron chi connectivity index (χ2n) is 6.59. The summed E-state index contributed by atoms with van der Waals surface area (Å²) in [7, 11) is 0. The van der Waals surface area contributed by atoms with Gasteiger partial charge >= 0.3 is 6.18 Å². The maximum absolute atomic E-state index is 12.1. The summed E-state index contributed by atoms with van der Waals surface area (Å²) in [6.45, 7) is -0.942. The van der Waals surface area contributed by atoms with Crippen molar-refractivity contribution in [3.63, 3.8) is 0 Å². The van der Waals surface area contributed by atoms with Crippen LogP contribution in [0.1, 0.15) is 28.7 Å². The molecule has 0 amide bonds. The summed E-state index contributed by atoms with van der Waals surface area (Å²) < 4.78 is 40.8. The van der Waals surface area contributed by atoms with E-state index < -0.39 is 12.8 Å². The highest BCUT2D eigenvalue weighted by Crippen LogP contribution is 2.24. The molecule has 1 aliphatic rings. The molecular weight excluding hydrogens is 355 g/mol. The number of aliphatic imine (C=N–C) groups is 1. The van der Waals surface area contributed by atoms with E-state index in [-0.39, 0.29) is 6.61 Å². The van der Waals surface area contributed by atoms with E-state index in [4.69, 9.17) is 5.73 Å². The van der Waals surface area contributed by atoms with Gasteiger partial charge in [0.15, 0.2) is 5.96 Å². The van der Waals surface area contributed by atoms with Crippen LogP contribution >= 0.6 is 0 Å². The van der Waals surface area contributed by atoms with E-state index in [9.17, 15) is 13.2 Å². The van der Waals surface area contributed by atoms with Crippen LogP contribution in [0.4, 0.5) is 18.9 Å². The Morgan fingerprint density at radius 3 is 2.48 bits per heavy atom. The van der Waals surface area contributed by atoms with Crippen molar-refractivity contribution in [1.29, 1.82) is 0 Å². The molecule has 0 spiro atoms. The zero-order valence-electron chi connectivity index (χ0n) is 14.9. The topological polar surface area (TPSA) is 59.6 Å². The number of rotatable bonds is 6. The SMILES string of the molecule is NC(=NCc1ccc(COCC(F)(F)F)cc1)Nc1ccc2c(c1)CCC2. The Hall–Kier alpha value is -2.54. The van der Waals surface area contributed by atoms with Gasteiger partial charge < -0.3 is 15.8 Å². The number of benzene rings is 2. The van der Waals surface area contributed by atoms with Gasteiger partial charge in [-0.1, -0.05) is 30.3 Å². The number of fused-ring (bicyclic) bond motifs is 1. The van der Waals surface area contributed by atoms with Crippen molar-refractivity contribution in [3.05, 3.63) is 64.7 Å². The van der Waals surface area contributed by atoms with Gasteiger partial charge in [-0.3, -0.25) is 0 Å². The molecule has 0 fully saturated rings. The van der Waals surface area contributed by atoms with E-state index in [1.807, 2.05) is 6.07 Å². The first kappa shape index (κ1) is 19.2. The lowest BCUT2D eigenvalue weighted by molar-refractivity contribution is -0.176. The van der Waals surface area contributed by atoms with Gasteiger partial charge in [-0.15, -0.1) is 0 Å². The quantitative estimate of drug-likeness (QED) is 0.586. The highest BCUT2D eigenvalue weighted by Gasteiger charge is 2.27. The molecule has 7 heteroatoms. The summed E-state index contributed by atoms with van der Waals surface area (Å²) >= 11 is 0. The smallest absolute Gasteiger partial charge is 0.370 e. The highest BCUT2D eigenvalue weighted by atomic mass is 19.4. The number of nitrogens with two attached hydrogens (primary N) is 1. The molecule has 0 radical (unpaired) electrons. The third-order valence-electron chi connectivity index (χ3n) is 4.36. The number of hydrogen-bond acceptors (Lipinski definition) is 2. The fourth-order valence-electron chi connectivity index (χ4n) is 3.04. The molecule has 4 nitrogen and oxygen atoms in total. The first-order valence-corrected chi connectivity index (χ1v) is 8.80. The molecule has 0 saturated heterocycles. The average Bonchev–Trinajstić information content (AvgIpc) is 3.08. The molecule has 0 aromatic heterocycles. The molecule has 3 N–H and O–H groups in total. The van der Waals surface area contributed by atoms with Gasteiger partial charge in [-0.25, -0.2) is 4.99 Å². The summed E-state index contributed by atoms with van der Waals surface area (Å²) in [6.07, 6.45) is -0.880. The van der Waals surface area contributed by atoms with Crippen LogP contribution in [0.15, 0.2) is 47.5 Å². The van der Waals surface area contributed by atoms with E-state index in [0.717, 1.165) is 24.1 Å². The maximum atomic E-state index is 12.1. The third-order valence-corrected chi connectivity index (χ3v) is 4.36. The van der Waals surface area contributed by atoms with Crippen LogP contribution in [0.5, 0.6) is 0 Å². The van der Waals surface area contributed by atoms with Gasteiger partial charge in [0.05, 0.1) is 13.2 Å². The van der Waals surface area contributed by atoms with Crippen molar-refractivity contribution >= 4 is 11.6 Å². The lowest BCUT2D eigenvalue weighted by atomic mass is 10.1. The Morgan fingerprint density at radius 2 is 1.74 bits per heavy atom. The molecule has 27 heavy (non-hydrogen) atoms. The second kappa shape index (κ2) is 8.43. The fourth-order valence-corrected chi connectivity index (χ4v) is 3.04. The predicted octanol–water partition coefficient (Wildman–Crippen LogP) is 4.18. The number of nitrogens with zero attached hydrogens (tertiary/aromatic N) is 1. The zero-order valence-corrected chi connectivity index (χ0v) is 14.9. The van der Waals surface area contributed by atoms with Crippen molar-refractivity contribution in [3.8, 4) is 0 Å². The van der Waals surface area contributed by atoms with E-state index in [1.165, 1.54) is 17.5 Å². The molecule has 2 aromatic carbocycles. The second-order valence-corrected chi connectivity index (χ2v) is 6.59. The number of ether oxygens (including phenoxy) is 1. The minimum absolute atomic E-state index is 0.0783. The molecule has 0 unspecified atom stereocenters. The minimum Gasteiger partial charge on any atom is -0.370 e. The van der Waals surface area contributed by atoms with Crippen molar-refractivity contribution in [2.24, 2.45) is 10.7 Å². The molecule has 0 aliphatic heterocycles. The number of nitrogens with one attached hydrogen (secondary N) is 1. The van der Waals surface area contributed by atoms with Gasteiger partial charge in [0, 0.05) is 5.69 Å². The predicted molar refractivity (Wildman–Crippen MR) is 99.6 cm³/mol. The number of hydrogen-bond donors (Lipinski definition) is 2. The highest BCUT2D eigenvalue weighted by molar-refractivity contribution is 5.92. The van der Waals surface area contributed by atoms with E-state index >= 15 is 0 Å². The Morgan fingerprint density at radius 1 is 1.04 bits per heavy atom. The molecule has 0 atom stereocenters. The number of aryl methyl sites for hydroxylation is 2. The minimum atomic E-state index is -4.31. The Kier molecular flexibility index (Phi) is 6.01. The number of guanidine groups is 1. The fraction of sp³-hybridized carbons (Fsp3) is 0.350. The number of alkyl halides is 3. The van der Waals surface area contributed by atoms with Gasteiger partial charge in [0.25, 0.3) is 0 Å². The zero-order chi connectivity index (χ0) is 19.3. The van der Waals surface area contributed by atoms with Crippen LogP contribution in [0, 0.1) is 0 Å². The number of anilines is 1. The van der Waals surface area contributed by atoms with Gasteiger partial charge in [0.1, 0.15) is 6.61 Å². The standard InChI is InChI=1S/C20H22F3N3O/c21-20(22,23)13-27-12-15-6-4-14(5-7-15)11-25-19(24)26-18-9-8-16-2-1-3-17(16)10-18/h4-10H,1-3,11-13H2,(H3,24,25,26). The molecule has 0 heterocycles. The van der Waals surface area contributed by atoms with Crippen LogP contribution in [0.3, 0.4) is 0 Å². The van der Waals surface area contributed by atoms with Crippen molar-refractivity contribution < 1.29 is 17.9 Å². The van der Waals surface area contributed by atoms with E-state index in [2.05, 4.69) is 27.2 Å². The molecule has 3 rings (SSSR count).